The molecule has 0 aliphatic heterocycles. The lowest BCUT2D eigenvalue weighted by Crippen LogP contribution is -2.26. The van der Waals surface area contributed by atoms with Crippen molar-refractivity contribution in [3.8, 4) is 0 Å². The molecule has 0 aliphatic rings. The molecule has 0 saturated heterocycles. The number of rotatable bonds is 0. The maximum Gasteiger partial charge on any atom is 0.311 e. The van der Waals surface area contributed by atoms with E-state index in [-0.39, 0.29) is 5.96 Å². The van der Waals surface area contributed by atoms with Gasteiger partial charge in [-0.2, -0.15) is 0 Å². The second-order valence-electron chi connectivity index (χ2n) is 0.726. The van der Waals surface area contributed by atoms with Gasteiger partial charge in [-0.25, -0.2) is 0 Å². The van der Waals surface area contributed by atoms with Crippen LogP contribution in [0.5, 0.6) is 0 Å². The van der Waals surface area contributed by atoms with Crippen molar-refractivity contribution in [1.29, 1.82) is 5.39 Å². The van der Waals surface area contributed by atoms with Crippen LogP contribution in [0.4, 0.5) is 0 Å². The van der Waals surface area contributed by atoms with E-state index in [0.29, 0.717) is 0 Å². The van der Waals surface area contributed by atoms with Crippen molar-refractivity contribution in [3.05, 3.63) is 5.08 Å². The Morgan fingerprint density at radius 1 is 1.86 bits per heavy atom. The van der Waals surface area contributed by atoms with E-state index in [4.69, 9.17) is 11.1 Å². The molecule has 0 spiro atoms. The third-order valence-electron chi connectivity index (χ3n) is 0.304. The fourth-order valence-corrected chi connectivity index (χ4v) is 0.0801. The van der Waals surface area contributed by atoms with Crippen LogP contribution in [0.15, 0.2) is 5.10 Å². The van der Waals surface area contributed by atoms with Crippen molar-refractivity contribution in [2.75, 3.05) is 0 Å². The van der Waals surface area contributed by atoms with Crippen molar-refractivity contribution >= 4 is 5.96 Å². The zero-order valence-corrected chi connectivity index (χ0v) is 3.50. The predicted molar refractivity (Wildman–Crippen MR) is 24.0 cm³/mol. The van der Waals surface area contributed by atoms with Crippen molar-refractivity contribution in [2.45, 2.75) is 0 Å². The Bertz CT molecular complexity index is 106. The molecule has 0 aliphatic carbocycles. The van der Waals surface area contributed by atoms with E-state index in [0.717, 1.165) is 0 Å². The van der Waals surface area contributed by atoms with Crippen molar-refractivity contribution in [3.63, 3.8) is 0 Å². The molecule has 0 rings (SSSR count). The van der Waals surface area contributed by atoms with Gasteiger partial charge in [0.1, 0.15) is 0 Å². The first kappa shape index (κ1) is 5.49. The number of hydrogen-bond donors (Lipinski definition) is 3. The van der Waals surface area contributed by atoms with Gasteiger partial charge >= 0.3 is 5.08 Å². The van der Waals surface area contributed by atoms with Crippen molar-refractivity contribution in [1.82, 2.24) is 5.43 Å². The molecular formula is CH5N6+. The minimum absolute atomic E-state index is 0.137. The maximum absolute atomic E-state index is 7.67. The fourth-order valence-electron chi connectivity index (χ4n) is 0.0801. The summed E-state index contributed by atoms with van der Waals surface area (Å²) in [6.45, 7) is 0. The quantitative estimate of drug-likeness (QED) is 0.114. The molecular weight excluding hydrogens is 96.1 g/mol. The first-order valence-corrected chi connectivity index (χ1v) is 1.44. The summed E-state index contributed by atoms with van der Waals surface area (Å²) in [6, 6.07) is 0. The van der Waals surface area contributed by atoms with Gasteiger partial charge in [0.2, 0.25) is 0 Å². The summed E-state index contributed by atoms with van der Waals surface area (Å²) in [5, 5.41) is 13.0. The Kier molecular flexibility index (Phi) is 2.13. The topological polar surface area (TPSA) is 105 Å². The lowest BCUT2D eigenvalue weighted by atomic mass is 11.1. The fraction of sp³-hybridized carbons (Fsp3) is 0. The average molecular weight is 101 g/mol. The summed E-state index contributed by atoms with van der Waals surface area (Å²) >= 11 is 0. The molecule has 38 valence electrons. The van der Waals surface area contributed by atoms with Crippen LogP contribution in [-0.2, 0) is 0 Å². The second kappa shape index (κ2) is 2.71. The second-order valence-corrected chi connectivity index (χ2v) is 0.726. The molecule has 6 nitrogen and oxygen atoms in total. The van der Waals surface area contributed by atoms with Crippen molar-refractivity contribution < 1.29 is 0 Å². The van der Waals surface area contributed by atoms with E-state index in [1.54, 1.807) is 0 Å². The average Bonchev–Trinajstić information content (AvgIpc) is 1.68. The van der Waals surface area contributed by atoms with Gasteiger partial charge < -0.3 is 11.6 Å². The molecule has 0 heterocycles. The van der Waals surface area contributed by atoms with Crippen LogP contribution >= 0.6 is 0 Å². The summed E-state index contributed by atoms with van der Waals surface area (Å²) in [4.78, 5) is 0. The Hall–Kier alpha value is -1.51. The number of nitrogens with zero attached hydrogens (tertiary/aromatic N) is 3. The van der Waals surface area contributed by atoms with E-state index >= 15 is 0 Å². The third-order valence-corrected chi connectivity index (χ3v) is 0.304. The Morgan fingerprint density at radius 2 is 2.43 bits per heavy atom. The lowest BCUT2D eigenvalue weighted by Gasteiger charge is -1.76. The van der Waals surface area contributed by atoms with Crippen LogP contribution in [-0.4, -0.2) is 5.96 Å². The molecule has 0 unspecified atom stereocenters. The highest BCUT2D eigenvalue weighted by Crippen LogP contribution is 1.50. The van der Waals surface area contributed by atoms with Gasteiger partial charge in [0.25, 0.3) is 11.4 Å². The van der Waals surface area contributed by atoms with Crippen LogP contribution in [0, 0.1) is 5.39 Å². The number of diazo groups is 1. The third kappa shape index (κ3) is 2.29. The van der Waals surface area contributed by atoms with E-state index < -0.39 is 0 Å². The summed E-state index contributed by atoms with van der Waals surface area (Å²) in [7, 11) is 0. The van der Waals surface area contributed by atoms with Gasteiger partial charge in [-0.05, 0) is 0 Å². The Morgan fingerprint density at radius 3 is 2.57 bits per heavy atom. The first-order valence-electron chi connectivity index (χ1n) is 1.44. The van der Waals surface area contributed by atoms with Gasteiger partial charge in [-0.3, -0.25) is 0 Å². The standard InChI is InChI=1S/CH4N6/c2-1(5-3)6-7-4/h3-4H,(H2,2,6)/p+1. The highest BCUT2D eigenvalue weighted by molar-refractivity contribution is 5.77. The SMILES string of the molecule is N#[N+]NC(N)=NN. The molecule has 0 saturated carbocycles. The Labute approximate surface area is 39.8 Å². The highest BCUT2D eigenvalue weighted by atomic mass is 15.4. The smallest absolute Gasteiger partial charge is 0.311 e. The molecule has 0 fully saturated rings. The minimum Gasteiger partial charge on any atom is -0.363 e. The van der Waals surface area contributed by atoms with E-state index in [1.165, 1.54) is 0 Å². The molecule has 0 aromatic carbocycles. The van der Waals surface area contributed by atoms with Gasteiger partial charge in [-0.15, -0.1) is 5.10 Å². The van der Waals surface area contributed by atoms with Crippen molar-refractivity contribution in [2.24, 2.45) is 16.7 Å². The van der Waals surface area contributed by atoms with Crippen LogP contribution in [0.1, 0.15) is 0 Å². The van der Waals surface area contributed by atoms with Gasteiger partial charge in [0.15, 0.2) is 0 Å². The molecule has 0 aromatic rings. The Balaban J connectivity index is 3.43. The van der Waals surface area contributed by atoms with Crippen LogP contribution in [0.3, 0.4) is 0 Å². The van der Waals surface area contributed by atoms with Gasteiger partial charge in [-0.1, -0.05) is 0 Å². The zero-order chi connectivity index (χ0) is 5.70. The van der Waals surface area contributed by atoms with Gasteiger partial charge in [0, 0.05) is 5.43 Å². The van der Waals surface area contributed by atoms with E-state index in [2.05, 4.69) is 16.0 Å². The molecule has 0 atom stereocenters. The molecule has 7 heavy (non-hydrogen) atoms. The number of nitrogens with two attached hydrogens (primary N) is 2. The molecule has 0 aromatic heterocycles. The maximum atomic E-state index is 7.67. The first-order chi connectivity index (χ1) is 3.31. The predicted octanol–water partition coefficient (Wildman–Crippen LogP) is -1.47. The van der Waals surface area contributed by atoms with E-state index in [1.807, 2.05) is 5.43 Å². The summed E-state index contributed by atoms with van der Waals surface area (Å²) in [5.74, 6) is 4.45. The van der Waals surface area contributed by atoms with Crippen LogP contribution in [0.25, 0.3) is 5.08 Å². The zero-order valence-electron chi connectivity index (χ0n) is 3.50. The largest absolute Gasteiger partial charge is 0.363 e. The number of hydrogen-bond acceptors (Lipinski definition) is 3. The summed E-state index contributed by atoms with van der Waals surface area (Å²) in [6.07, 6.45) is 0. The highest BCUT2D eigenvalue weighted by Gasteiger charge is 1.91. The minimum atomic E-state index is -0.137. The van der Waals surface area contributed by atoms with Crippen LogP contribution in [0.2, 0.25) is 0 Å². The normalized spacial score (nSPS) is 9.86. The summed E-state index contributed by atoms with van der Waals surface area (Å²) in [5.41, 5.74) is 6.72. The molecule has 6 heteroatoms. The monoisotopic (exact) mass is 101 g/mol. The van der Waals surface area contributed by atoms with Gasteiger partial charge in [0.05, 0.1) is 0 Å². The number of guanidine groups is 1. The molecule has 0 bridgehead atoms. The number of hydrazone groups is 1. The molecule has 0 radical (unpaired) electrons. The van der Waals surface area contributed by atoms with Crippen LogP contribution < -0.4 is 17.0 Å². The lowest BCUT2D eigenvalue weighted by molar-refractivity contribution is 1.10. The number of nitrogens with one attached hydrogen (secondary N) is 1. The molecule has 5 N–H and O–H groups in total. The molecule has 0 amide bonds. The summed E-state index contributed by atoms with van der Waals surface area (Å²) < 4.78 is 0. The van der Waals surface area contributed by atoms with E-state index in [9.17, 15) is 0 Å².